The largest absolute Gasteiger partial charge is 0.396 e. The van der Waals surface area contributed by atoms with E-state index in [-0.39, 0.29) is 6.61 Å². The van der Waals surface area contributed by atoms with E-state index in [0.717, 1.165) is 24.3 Å². The van der Waals surface area contributed by atoms with E-state index in [1.807, 2.05) is 12.1 Å². The summed E-state index contributed by atoms with van der Waals surface area (Å²) in [6, 6.07) is 4.44. The van der Waals surface area contributed by atoms with Crippen molar-refractivity contribution in [3.63, 3.8) is 0 Å². The SMILES string of the molecule is NC(=S)c1ccc(N(CCCO)C2CCC2)nc1. The summed E-state index contributed by atoms with van der Waals surface area (Å²) < 4.78 is 0. The van der Waals surface area contributed by atoms with Crippen LogP contribution in [-0.4, -0.2) is 34.3 Å². The molecule has 0 atom stereocenters. The van der Waals surface area contributed by atoms with E-state index in [9.17, 15) is 0 Å². The van der Waals surface area contributed by atoms with Crippen LogP contribution in [-0.2, 0) is 0 Å². The van der Waals surface area contributed by atoms with Crippen molar-refractivity contribution in [2.24, 2.45) is 5.73 Å². The molecule has 0 radical (unpaired) electrons. The Labute approximate surface area is 113 Å². The monoisotopic (exact) mass is 265 g/mol. The van der Waals surface area contributed by atoms with Gasteiger partial charge in [-0.05, 0) is 37.8 Å². The molecule has 0 unspecified atom stereocenters. The van der Waals surface area contributed by atoms with Gasteiger partial charge in [-0.2, -0.15) is 0 Å². The Morgan fingerprint density at radius 1 is 1.50 bits per heavy atom. The lowest BCUT2D eigenvalue weighted by molar-refractivity contribution is 0.282. The van der Waals surface area contributed by atoms with Crippen LogP contribution in [0.15, 0.2) is 18.3 Å². The van der Waals surface area contributed by atoms with E-state index in [1.54, 1.807) is 6.20 Å². The van der Waals surface area contributed by atoms with Crippen LogP contribution >= 0.6 is 12.2 Å². The maximum atomic E-state index is 8.97. The molecule has 0 aromatic carbocycles. The number of pyridine rings is 1. The maximum absolute atomic E-state index is 8.97. The molecule has 98 valence electrons. The molecule has 0 spiro atoms. The highest BCUT2D eigenvalue weighted by Crippen LogP contribution is 2.28. The van der Waals surface area contributed by atoms with Gasteiger partial charge in [0.05, 0.1) is 0 Å². The molecule has 1 aliphatic carbocycles. The van der Waals surface area contributed by atoms with E-state index < -0.39 is 0 Å². The second-order valence-electron chi connectivity index (χ2n) is 4.62. The molecule has 1 aromatic rings. The van der Waals surface area contributed by atoms with Gasteiger partial charge in [0, 0.05) is 31.0 Å². The van der Waals surface area contributed by atoms with Crippen LogP contribution in [0.25, 0.3) is 0 Å². The fraction of sp³-hybridized carbons (Fsp3) is 0.538. The molecule has 4 nitrogen and oxygen atoms in total. The minimum atomic E-state index is 0.216. The van der Waals surface area contributed by atoms with Crippen LogP contribution < -0.4 is 10.6 Å². The Hall–Kier alpha value is -1.20. The normalized spacial score (nSPS) is 15.2. The molecule has 0 amide bonds. The summed E-state index contributed by atoms with van der Waals surface area (Å²) in [7, 11) is 0. The maximum Gasteiger partial charge on any atom is 0.128 e. The van der Waals surface area contributed by atoms with Crippen molar-refractivity contribution in [1.82, 2.24) is 4.98 Å². The average Bonchev–Trinajstić information content (AvgIpc) is 2.32. The van der Waals surface area contributed by atoms with Crippen LogP contribution in [0.4, 0.5) is 5.82 Å². The number of hydrogen-bond donors (Lipinski definition) is 2. The summed E-state index contributed by atoms with van der Waals surface area (Å²) >= 11 is 4.92. The number of thiocarbonyl (C=S) groups is 1. The first-order valence-corrected chi connectivity index (χ1v) is 6.76. The number of nitrogens with zero attached hydrogens (tertiary/aromatic N) is 2. The molecule has 18 heavy (non-hydrogen) atoms. The number of aromatic nitrogens is 1. The van der Waals surface area contributed by atoms with Crippen molar-refractivity contribution in [3.8, 4) is 0 Å². The van der Waals surface area contributed by atoms with Crippen molar-refractivity contribution in [2.45, 2.75) is 31.7 Å². The molecular formula is C13H19N3OS. The number of rotatable bonds is 6. The Bertz CT molecular complexity index is 403. The number of aliphatic hydroxyl groups is 1. The van der Waals surface area contributed by atoms with E-state index in [0.29, 0.717) is 11.0 Å². The molecular weight excluding hydrogens is 246 g/mol. The average molecular weight is 265 g/mol. The fourth-order valence-corrected chi connectivity index (χ4v) is 2.25. The van der Waals surface area contributed by atoms with Gasteiger partial charge in [-0.25, -0.2) is 4.98 Å². The molecule has 2 rings (SSSR count). The van der Waals surface area contributed by atoms with Crippen LogP contribution in [0.5, 0.6) is 0 Å². The molecule has 0 aliphatic heterocycles. The molecule has 1 heterocycles. The number of nitrogens with two attached hydrogens (primary N) is 1. The summed E-state index contributed by atoms with van der Waals surface area (Å²) in [6.07, 6.45) is 6.21. The first kappa shape index (κ1) is 13.2. The van der Waals surface area contributed by atoms with Gasteiger partial charge in [0.1, 0.15) is 10.8 Å². The van der Waals surface area contributed by atoms with Crippen molar-refractivity contribution in [2.75, 3.05) is 18.1 Å². The third kappa shape index (κ3) is 2.97. The summed E-state index contributed by atoms with van der Waals surface area (Å²) in [5, 5.41) is 8.97. The minimum Gasteiger partial charge on any atom is -0.396 e. The van der Waals surface area contributed by atoms with E-state index in [4.69, 9.17) is 23.1 Å². The summed E-state index contributed by atoms with van der Waals surface area (Å²) in [5.41, 5.74) is 6.36. The van der Waals surface area contributed by atoms with Crippen molar-refractivity contribution >= 4 is 23.0 Å². The van der Waals surface area contributed by atoms with Crippen LogP contribution in [0.3, 0.4) is 0 Å². The van der Waals surface area contributed by atoms with Crippen molar-refractivity contribution in [3.05, 3.63) is 23.9 Å². The van der Waals surface area contributed by atoms with Gasteiger partial charge in [0.15, 0.2) is 0 Å². The molecule has 3 N–H and O–H groups in total. The lowest BCUT2D eigenvalue weighted by Crippen LogP contribution is -2.41. The second-order valence-corrected chi connectivity index (χ2v) is 5.06. The van der Waals surface area contributed by atoms with E-state index >= 15 is 0 Å². The predicted octanol–water partition coefficient (Wildman–Crippen LogP) is 1.46. The highest BCUT2D eigenvalue weighted by Gasteiger charge is 2.25. The Morgan fingerprint density at radius 3 is 2.72 bits per heavy atom. The molecule has 0 saturated heterocycles. The molecule has 0 bridgehead atoms. The summed E-state index contributed by atoms with van der Waals surface area (Å²) in [4.78, 5) is 7.09. The zero-order valence-electron chi connectivity index (χ0n) is 10.4. The highest BCUT2D eigenvalue weighted by atomic mass is 32.1. The third-order valence-electron chi connectivity index (χ3n) is 3.40. The Morgan fingerprint density at radius 2 is 2.28 bits per heavy atom. The highest BCUT2D eigenvalue weighted by molar-refractivity contribution is 7.80. The zero-order chi connectivity index (χ0) is 13.0. The second kappa shape index (κ2) is 6.11. The van der Waals surface area contributed by atoms with Gasteiger partial charge in [-0.1, -0.05) is 12.2 Å². The van der Waals surface area contributed by atoms with Gasteiger partial charge in [-0.3, -0.25) is 0 Å². The van der Waals surface area contributed by atoms with Crippen LogP contribution in [0.2, 0.25) is 0 Å². The summed E-state index contributed by atoms with van der Waals surface area (Å²) in [5.74, 6) is 0.952. The standard InChI is InChI=1S/C13H19N3OS/c14-13(18)10-5-6-12(15-9-10)16(7-2-8-17)11-3-1-4-11/h5-6,9,11,17H,1-4,7-8H2,(H2,14,18). The quantitative estimate of drug-likeness (QED) is 0.762. The Balaban J connectivity index is 2.11. The first-order chi connectivity index (χ1) is 8.72. The number of anilines is 1. The Kier molecular flexibility index (Phi) is 4.49. The smallest absolute Gasteiger partial charge is 0.128 e. The van der Waals surface area contributed by atoms with Crippen molar-refractivity contribution < 1.29 is 5.11 Å². The van der Waals surface area contributed by atoms with Gasteiger partial charge >= 0.3 is 0 Å². The molecule has 5 heteroatoms. The lowest BCUT2D eigenvalue weighted by atomic mass is 9.91. The molecule has 1 aliphatic rings. The van der Waals surface area contributed by atoms with Crippen LogP contribution in [0.1, 0.15) is 31.2 Å². The first-order valence-electron chi connectivity index (χ1n) is 6.35. The van der Waals surface area contributed by atoms with Crippen molar-refractivity contribution in [1.29, 1.82) is 0 Å². The van der Waals surface area contributed by atoms with Gasteiger partial charge in [0.25, 0.3) is 0 Å². The predicted molar refractivity (Wildman–Crippen MR) is 76.8 cm³/mol. The van der Waals surface area contributed by atoms with E-state index in [2.05, 4.69) is 9.88 Å². The lowest BCUT2D eigenvalue weighted by Gasteiger charge is -2.38. The molecule has 1 saturated carbocycles. The summed E-state index contributed by atoms with van der Waals surface area (Å²) in [6.45, 7) is 1.06. The van der Waals surface area contributed by atoms with Gasteiger partial charge < -0.3 is 15.7 Å². The van der Waals surface area contributed by atoms with Gasteiger partial charge in [0.2, 0.25) is 0 Å². The topological polar surface area (TPSA) is 62.4 Å². The van der Waals surface area contributed by atoms with Crippen LogP contribution in [0, 0.1) is 0 Å². The fourth-order valence-electron chi connectivity index (χ4n) is 2.13. The third-order valence-corrected chi connectivity index (χ3v) is 3.63. The number of hydrogen-bond acceptors (Lipinski definition) is 4. The van der Waals surface area contributed by atoms with E-state index in [1.165, 1.54) is 19.3 Å². The van der Waals surface area contributed by atoms with Gasteiger partial charge in [-0.15, -0.1) is 0 Å². The molecule has 1 fully saturated rings. The molecule has 1 aromatic heterocycles. The zero-order valence-corrected chi connectivity index (χ0v) is 11.2. The number of aliphatic hydroxyl groups excluding tert-OH is 1. The minimum absolute atomic E-state index is 0.216.